The number of carbonyl (C=O) groups excluding carboxylic acids is 1. The Morgan fingerprint density at radius 1 is 0.368 bits per heavy atom. The van der Waals surface area contributed by atoms with Crippen molar-refractivity contribution in [3.8, 4) is 0 Å². The second-order valence-corrected chi connectivity index (χ2v) is 28.5. The molecule has 7 unspecified atom stereocenters. The van der Waals surface area contributed by atoms with Gasteiger partial charge in [-0.3, -0.25) is 4.79 Å². The number of ether oxygens (including phenoxy) is 2. The van der Waals surface area contributed by atoms with E-state index in [0.29, 0.717) is 6.42 Å². The Morgan fingerprint density at radius 3 is 0.968 bits per heavy atom. The Bertz CT molecular complexity index is 1790. The number of unbranched alkanes of at least 4 members (excludes halogenated alkanes) is 51. The quantitative estimate of drug-likeness (QED) is 0.0261. The van der Waals surface area contributed by atoms with Crippen molar-refractivity contribution in [2.24, 2.45) is 0 Å². The number of aliphatic hydroxyl groups excluding tert-OH is 5. The van der Waals surface area contributed by atoms with E-state index in [2.05, 4.69) is 92.1 Å². The van der Waals surface area contributed by atoms with Gasteiger partial charge in [0.05, 0.1) is 25.4 Å². The lowest BCUT2D eigenvalue weighted by Crippen LogP contribution is -2.60. The van der Waals surface area contributed by atoms with Crippen LogP contribution in [0, 0.1) is 0 Å². The fourth-order valence-electron chi connectivity index (χ4n) is 13.1. The smallest absolute Gasteiger partial charge is 0.220 e. The molecule has 1 amide bonds. The van der Waals surface area contributed by atoms with Gasteiger partial charge >= 0.3 is 0 Å². The number of carbonyl (C=O) groups is 1. The predicted molar refractivity (Wildman–Crippen MR) is 410 cm³/mol. The molecule has 9 nitrogen and oxygen atoms in total. The van der Waals surface area contributed by atoms with Crippen molar-refractivity contribution in [1.82, 2.24) is 5.32 Å². The van der Waals surface area contributed by atoms with E-state index in [-0.39, 0.29) is 12.5 Å². The molecule has 0 bridgehead atoms. The topological polar surface area (TPSA) is 149 Å². The molecule has 1 heterocycles. The molecule has 0 aliphatic carbocycles. The van der Waals surface area contributed by atoms with E-state index in [1.165, 1.54) is 302 Å². The highest BCUT2D eigenvalue weighted by Gasteiger charge is 2.44. The van der Waals surface area contributed by atoms with Crippen LogP contribution >= 0.6 is 0 Å². The number of hydrogen-bond acceptors (Lipinski definition) is 8. The molecular weight excluding hydrogens is 1170 g/mol. The lowest BCUT2D eigenvalue weighted by molar-refractivity contribution is -0.302. The summed E-state index contributed by atoms with van der Waals surface area (Å²) in [5.74, 6) is -0.171. The average Bonchev–Trinajstić information content (AvgIpc) is 0.836. The molecule has 9 heteroatoms. The Morgan fingerprint density at radius 2 is 0.653 bits per heavy atom. The maximum atomic E-state index is 13.2. The highest BCUT2D eigenvalue weighted by Crippen LogP contribution is 2.24. The Hall–Kier alpha value is -2.63. The van der Waals surface area contributed by atoms with E-state index in [1.54, 1.807) is 6.08 Å². The summed E-state index contributed by atoms with van der Waals surface area (Å²) in [6.07, 6.45) is 100. The van der Waals surface area contributed by atoms with Crippen LogP contribution in [0.5, 0.6) is 0 Å². The van der Waals surface area contributed by atoms with E-state index in [4.69, 9.17) is 9.47 Å². The van der Waals surface area contributed by atoms with Gasteiger partial charge < -0.3 is 40.3 Å². The first-order valence-corrected chi connectivity index (χ1v) is 41.3. The van der Waals surface area contributed by atoms with E-state index >= 15 is 0 Å². The number of aliphatic hydroxyl groups is 5. The number of allylic oxidation sites excluding steroid dienone is 13. The minimum Gasteiger partial charge on any atom is -0.394 e. The van der Waals surface area contributed by atoms with Crippen molar-refractivity contribution < 1.29 is 39.8 Å². The molecule has 1 aliphatic rings. The van der Waals surface area contributed by atoms with Crippen molar-refractivity contribution in [2.45, 2.75) is 442 Å². The maximum Gasteiger partial charge on any atom is 0.220 e. The molecule has 0 aromatic rings. The molecule has 7 atom stereocenters. The van der Waals surface area contributed by atoms with Crippen molar-refractivity contribution in [2.75, 3.05) is 13.2 Å². The zero-order valence-electron chi connectivity index (χ0n) is 62.4. The lowest BCUT2D eigenvalue weighted by Gasteiger charge is -2.40. The van der Waals surface area contributed by atoms with Gasteiger partial charge in [0.25, 0.3) is 0 Å². The summed E-state index contributed by atoms with van der Waals surface area (Å²) in [5.41, 5.74) is 0. The number of rotatable bonds is 73. The van der Waals surface area contributed by atoms with Gasteiger partial charge in [0.2, 0.25) is 5.91 Å². The molecule has 1 aliphatic heterocycles. The molecule has 1 fully saturated rings. The molecule has 0 aromatic carbocycles. The van der Waals surface area contributed by atoms with Crippen LogP contribution in [0.15, 0.2) is 85.1 Å². The first kappa shape index (κ1) is 90.4. The molecule has 0 radical (unpaired) electrons. The predicted octanol–water partition coefficient (Wildman–Crippen LogP) is 24.0. The summed E-state index contributed by atoms with van der Waals surface area (Å²) in [6.45, 7) is 3.72. The van der Waals surface area contributed by atoms with E-state index < -0.39 is 49.5 Å². The Kier molecular flexibility index (Phi) is 70.5. The standard InChI is InChI=1S/C86H157NO8/c1-3-5-7-9-11-13-15-17-19-21-23-25-27-29-31-33-35-37-38-39-40-41-42-44-46-48-50-52-54-56-58-60-62-64-66-68-70-72-74-76-82(90)87-79(78-94-86-85(93)84(92)83(91)81(77-88)95-86)80(89)75-73-71-69-67-65-63-61-59-57-55-53-51-49-47-45-43-36-34-32-30-28-26-24-22-20-18-16-14-12-10-8-6-4-2/h5,7,11,13,17,19,23,25,29,31,35,37,73,75,79-81,83-86,88-89,91-93H,3-4,6,8-10,12,14-16,18,20-22,24,26-28,30,32-34,36,38-72,74,76-78H2,1-2H3,(H,87,90)/b7-5-,13-11-,19-17-,25-23-,31-29-,37-35-,75-73+. The normalized spacial score (nSPS) is 17.9. The van der Waals surface area contributed by atoms with Gasteiger partial charge in [-0.1, -0.05) is 407 Å². The summed E-state index contributed by atoms with van der Waals surface area (Å²) < 4.78 is 11.4. The molecule has 554 valence electrons. The van der Waals surface area contributed by atoms with Gasteiger partial charge in [-0.15, -0.1) is 0 Å². The molecule has 1 rings (SSSR count). The van der Waals surface area contributed by atoms with E-state index in [0.717, 1.165) is 77.0 Å². The molecular formula is C86H157NO8. The van der Waals surface area contributed by atoms with Crippen LogP contribution in [0.4, 0.5) is 0 Å². The van der Waals surface area contributed by atoms with Crippen LogP contribution in [0.2, 0.25) is 0 Å². The third-order valence-electron chi connectivity index (χ3n) is 19.5. The summed E-state index contributed by atoms with van der Waals surface area (Å²) in [5, 5.41) is 55.0. The minimum atomic E-state index is -1.57. The van der Waals surface area contributed by atoms with Gasteiger partial charge in [-0.25, -0.2) is 0 Å². The van der Waals surface area contributed by atoms with E-state index in [9.17, 15) is 30.3 Å². The number of nitrogens with one attached hydrogen (secondary N) is 1. The second kappa shape index (κ2) is 74.1. The second-order valence-electron chi connectivity index (χ2n) is 28.5. The number of hydrogen-bond donors (Lipinski definition) is 6. The Labute approximate surface area is 588 Å². The molecule has 1 saturated heterocycles. The summed E-state index contributed by atoms with van der Waals surface area (Å²) in [6, 6.07) is -0.809. The van der Waals surface area contributed by atoms with Crippen LogP contribution in [0.3, 0.4) is 0 Å². The van der Waals surface area contributed by atoms with Crippen LogP contribution in [-0.2, 0) is 14.3 Å². The molecule has 0 spiro atoms. The van der Waals surface area contributed by atoms with E-state index in [1.807, 2.05) is 6.08 Å². The van der Waals surface area contributed by atoms with Gasteiger partial charge in [-0.05, 0) is 70.6 Å². The van der Waals surface area contributed by atoms with Crippen LogP contribution in [0.1, 0.15) is 399 Å². The minimum absolute atomic E-state index is 0.171. The average molecular weight is 1330 g/mol. The van der Waals surface area contributed by atoms with Gasteiger partial charge in [0, 0.05) is 6.42 Å². The highest BCUT2D eigenvalue weighted by atomic mass is 16.7. The first-order chi connectivity index (χ1) is 46.8. The highest BCUT2D eigenvalue weighted by molar-refractivity contribution is 5.76. The van der Waals surface area contributed by atoms with Crippen molar-refractivity contribution >= 4 is 5.91 Å². The van der Waals surface area contributed by atoms with Crippen molar-refractivity contribution in [3.63, 3.8) is 0 Å². The van der Waals surface area contributed by atoms with Crippen LogP contribution < -0.4 is 5.32 Å². The summed E-state index contributed by atoms with van der Waals surface area (Å²) >= 11 is 0. The molecule has 0 saturated carbocycles. The first-order valence-electron chi connectivity index (χ1n) is 41.3. The molecule has 95 heavy (non-hydrogen) atoms. The van der Waals surface area contributed by atoms with Crippen LogP contribution in [-0.4, -0.2) is 87.5 Å². The molecule has 0 aromatic heterocycles. The third-order valence-corrected chi connectivity index (χ3v) is 19.5. The summed E-state index contributed by atoms with van der Waals surface area (Å²) in [7, 11) is 0. The molecule has 6 N–H and O–H groups in total. The van der Waals surface area contributed by atoms with Crippen molar-refractivity contribution in [1.29, 1.82) is 0 Å². The zero-order valence-corrected chi connectivity index (χ0v) is 62.4. The largest absolute Gasteiger partial charge is 0.394 e. The number of amides is 1. The monoisotopic (exact) mass is 1330 g/mol. The fourth-order valence-corrected chi connectivity index (χ4v) is 13.1. The third kappa shape index (κ3) is 62.1. The van der Waals surface area contributed by atoms with Crippen LogP contribution in [0.25, 0.3) is 0 Å². The lowest BCUT2D eigenvalue weighted by atomic mass is 9.99. The van der Waals surface area contributed by atoms with Crippen molar-refractivity contribution in [3.05, 3.63) is 85.1 Å². The van der Waals surface area contributed by atoms with Gasteiger partial charge in [0.1, 0.15) is 24.4 Å². The van der Waals surface area contributed by atoms with Gasteiger partial charge in [0.15, 0.2) is 6.29 Å². The van der Waals surface area contributed by atoms with Gasteiger partial charge in [-0.2, -0.15) is 0 Å². The SMILES string of the molecule is CC/C=C\C/C=C\C/C=C\C/C=C\C/C=C\C/C=C\CCCCCCCCCCCCCCCCCCCCCCC(=O)NC(COC1OC(CO)C(O)C(O)C1O)C(O)/C=C/CCCCCCCCCCCCCCCCCCCCCCCCCCCCCCCCC. The zero-order chi connectivity index (χ0) is 68.5. The summed E-state index contributed by atoms with van der Waals surface area (Å²) in [4.78, 5) is 13.2. The Balaban J connectivity index is 2.06. The maximum absolute atomic E-state index is 13.2. The fraction of sp³-hybridized carbons (Fsp3) is 0.826.